The van der Waals surface area contributed by atoms with Gasteiger partial charge in [-0.15, -0.1) is 0 Å². The molecule has 1 heterocycles. The lowest BCUT2D eigenvalue weighted by Crippen LogP contribution is -2.48. The summed E-state index contributed by atoms with van der Waals surface area (Å²) in [4.78, 5) is 61.5. The van der Waals surface area contributed by atoms with E-state index in [0.29, 0.717) is 6.42 Å². The molecule has 1 unspecified atom stereocenters. The summed E-state index contributed by atoms with van der Waals surface area (Å²) >= 11 is 5.94. The molecule has 0 spiro atoms. The molecule has 1 aromatic rings. The molecule has 0 saturated carbocycles. The molecular formula is C21H24ClF3N4O5. The van der Waals surface area contributed by atoms with Crippen LogP contribution in [0.2, 0.25) is 5.02 Å². The molecule has 0 bridgehead atoms. The average molecular weight is 505 g/mol. The molecule has 0 aliphatic carbocycles. The Labute approximate surface area is 198 Å². The van der Waals surface area contributed by atoms with Gasteiger partial charge in [-0.2, -0.15) is 13.2 Å². The van der Waals surface area contributed by atoms with Crippen LogP contribution >= 0.6 is 11.6 Å². The van der Waals surface area contributed by atoms with Gasteiger partial charge in [0, 0.05) is 30.5 Å². The molecule has 1 fully saturated rings. The molecule has 3 atom stereocenters. The van der Waals surface area contributed by atoms with Crippen LogP contribution in [-0.2, 0) is 19.2 Å². The minimum absolute atomic E-state index is 0.0802. The van der Waals surface area contributed by atoms with E-state index in [1.165, 1.54) is 19.2 Å². The zero-order chi connectivity index (χ0) is 25.6. The van der Waals surface area contributed by atoms with E-state index in [9.17, 15) is 37.1 Å². The number of benzene rings is 1. The van der Waals surface area contributed by atoms with Crippen molar-refractivity contribution in [2.45, 2.75) is 50.9 Å². The monoisotopic (exact) mass is 504 g/mol. The number of amides is 4. The second-order valence-corrected chi connectivity index (χ2v) is 8.34. The number of carbonyl (C=O) groups excluding carboxylic acids is 5. The first kappa shape index (κ1) is 27.1. The Morgan fingerprint density at radius 2 is 1.91 bits per heavy atom. The molecule has 1 aliphatic heterocycles. The molecule has 186 valence electrons. The normalized spacial score (nSPS) is 18.6. The third-order valence-corrected chi connectivity index (χ3v) is 5.36. The Bertz CT molecular complexity index is 986. The number of nitrogens with one attached hydrogen (secondary N) is 4. The van der Waals surface area contributed by atoms with E-state index < -0.39 is 54.5 Å². The zero-order valence-electron chi connectivity index (χ0n) is 18.3. The van der Waals surface area contributed by atoms with Crippen LogP contribution < -0.4 is 21.3 Å². The second-order valence-electron chi connectivity index (χ2n) is 7.90. The minimum Gasteiger partial charge on any atom is -0.353 e. The summed E-state index contributed by atoms with van der Waals surface area (Å²) < 4.78 is 37.2. The first-order valence-electron chi connectivity index (χ1n) is 10.3. The number of likely N-dealkylation sites (N-methyl/N-ethyl adjacent to an activating group) is 1. The molecule has 1 aliphatic rings. The van der Waals surface area contributed by atoms with Gasteiger partial charge in [-0.1, -0.05) is 11.6 Å². The van der Waals surface area contributed by atoms with Gasteiger partial charge in [0.1, 0.15) is 0 Å². The summed E-state index contributed by atoms with van der Waals surface area (Å²) in [5.74, 6) is -4.82. The molecule has 0 radical (unpaired) electrons. The predicted octanol–water partition coefficient (Wildman–Crippen LogP) is 1.95. The van der Waals surface area contributed by atoms with Gasteiger partial charge in [-0.25, -0.2) is 0 Å². The Hall–Kier alpha value is -3.15. The van der Waals surface area contributed by atoms with Crippen LogP contribution in [0.25, 0.3) is 0 Å². The van der Waals surface area contributed by atoms with Crippen molar-refractivity contribution in [3.8, 4) is 0 Å². The Balaban J connectivity index is 2.24. The highest BCUT2D eigenvalue weighted by molar-refractivity contribution is 6.38. The van der Waals surface area contributed by atoms with E-state index in [1.807, 2.05) is 0 Å². The van der Waals surface area contributed by atoms with E-state index in [0.717, 1.165) is 6.07 Å². The standard InChI is InChI=1S/C21H24ClF3N4O5/c1-10-7-11(18(32)27-10)8-15(17(31)20(34)26-2)29-19(33)13-9-12(22)3-4-14(13)28-16(30)5-6-21(23,24)25/h3-4,9-11,15H,5-8H2,1-2H3,(H,26,34)(H,27,32)(H,28,30)(H,29,33)/t10-,11+,15?/m1/s1. The van der Waals surface area contributed by atoms with E-state index in [2.05, 4.69) is 21.3 Å². The van der Waals surface area contributed by atoms with Crippen molar-refractivity contribution in [2.24, 2.45) is 5.92 Å². The molecule has 13 heteroatoms. The smallest absolute Gasteiger partial charge is 0.353 e. The topological polar surface area (TPSA) is 133 Å². The highest BCUT2D eigenvalue weighted by Gasteiger charge is 2.36. The molecule has 1 saturated heterocycles. The maximum absolute atomic E-state index is 13.0. The number of ketones is 1. The predicted molar refractivity (Wildman–Crippen MR) is 116 cm³/mol. The van der Waals surface area contributed by atoms with Gasteiger partial charge >= 0.3 is 6.18 Å². The fourth-order valence-corrected chi connectivity index (χ4v) is 3.64. The van der Waals surface area contributed by atoms with Crippen molar-refractivity contribution in [1.82, 2.24) is 16.0 Å². The van der Waals surface area contributed by atoms with Crippen LogP contribution in [0, 0.1) is 5.92 Å². The van der Waals surface area contributed by atoms with E-state index >= 15 is 0 Å². The van der Waals surface area contributed by atoms with Crippen LogP contribution in [0.3, 0.4) is 0 Å². The third-order valence-electron chi connectivity index (χ3n) is 5.13. The van der Waals surface area contributed by atoms with Gasteiger partial charge in [0.15, 0.2) is 0 Å². The lowest BCUT2D eigenvalue weighted by molar-refractivity contribution is -0.142. The van der Waals surface area contributed by atoms with Gasteiger partial charge in [0.05, 0.1) is 23.7 Å². The molecule has 9 nitrogen and oxygen atoms in total. The molecule has 4 amide bonds. The quantitative estimate of drug-likeness (QED) is 0.381. The van der Waals surface area contributed by atoms with Crippen molar-refractivity contribution < 1.29 is 37.1 Å². The molecule has 4 N–H and O–H groups in total. The van der Waals surface area contributed by atoms with Crippen LogP contribution in [0.1, 0.15) is 43.0 Å². The van der Waals surface area contributed by atoms with Crippen molar-refractivity contribution >= 4 is 46.7 Å². The lowest BCUT2D eigenvalue weighted by Gasteiger charge is -2.20. The number of hydrogen-bond acceptors (Lipinski definition) is 5. The third kappa shape index (κ3) is 7.72. The summed E-state index contributed by atoms with van der Waals surface area (Å²) in [5.41, 5.74) is -0.362. The SMILES string of the molecule is CNC(=O)C(=O)C(C[C@@H]1C[C@@H](C)NC1=O)NC(=O)c1cc(Cl)ccc1NC(=O)CCC(F)(F)F. The van der Waals surface area contributed by atoms with Crippen molar-refractivity contribution in [3.63, 3.8) is 0 Å². The van der Waals surface area contributed by atoms with Crippen molar-refractivity contribution in [2.75, 3.05) is 12.4 Å². The van der Waals surface area contributed by atoms with Crippen molar-refractivity contribution in [1.29, 1.82) is 0 Å². The summed E-state index contributed by atoms with van der Waals surface area (Å²) in [6.07, 6.45) is -6.50. The largest absolute Gasteiger partial charge is 0.389 e. The zero-order valence-corrected chi connectivity index (χ0v) is 19.1. The number of anilines is 1. The van der Waals surface area contributed by atoms with Crippen LogP contribution in [0.4, 0.5) is 18.9 Å². The molecular weight excluding hydrogens is 481 g/mol. The van der Waals surface area contributed by atoms with Gasteiger partial charge in [0.25, 0.3) is 11.8 Å². The molecule has 34 heavy (non-hydrogen) atoms. The minimum atomic E-state index is -4.53. The first-order chi connectivity index (χ1) is 15.8. The average Bonchev–Trinajstić information content (AvgIpc) is 3.07. The summed E-state index contributed by atoms with van der Waals surface area (Å²) in [6.45, 7) is 1.77. The first-order valence-corrected chi connectivity index (χ1v) is 10.7. The van der Waals surface area contributed by atoms with Gasteiger partial charge in [-0.05, 0) is 38.0 Å². The van der Waals surface area contributed by atoms with Gasteiger partial charge in [-0.3, -0.25) is 24.0 Å². The van der Waals surface area contributed by atoms with Crippen LogP contribution in [0.15, 0.2) is 18.2 Å². The van der Waals surface area contributed by atoms with Crippen molar-refractivity contribution in [3.05, 3.63) is 28.8 Å². The Morgan fingerprint density at radius 1 is 1.24 bits per heavy atom. The van der Waals surface area contributed by atoms with Crippen LogP contribution in [0.5, 0.6) is 0 Å². The lowest BCUT2D eigenvalue weighted by atomic mass is 9.93. The van der Waals surface area contributed by atoms with E-state index in [1.54, 1.807) is 6.92 Å². The number of halogens is 4. The van der Waals surface area contributed by atoms with Gasteiger partial charge < -0.3 is 21.3 Å². The highest BCUT2D eigenvalue weighted by atomic mass is 35.5. The summed E-state index contributed by atoms with van der Waals surface area (Å²) in [6, 6.07) is 2.18. The number of hydrogen-bond donors (Lipinski definition) is 4. The maximum Gasteiger partial charge on any atom is 0.389 e. The number of Topliss-reactive ketones (excluding diaryl/α,β-unsaturated/α-hetero) is 1. The fraction of sp³-hybridized carbons (Fsp3) is 0.476. The highest BCUT2D eigenvalue weighted by Crippen LogP contribution is 2.25. The van der Waals surface area contributed by atoms with E-state index in [-0.39, 0.29) is 34.6 Å². The fourth-order valence-electron chi connectivity index (χ4n) is 3.47. The molecule has 2 rings (SSSR count). The number of alkyl halides is 3. The Kier molecular flexibility index (Phi) is 9.02. The maximum atomic E-state index is 13.0. The Morgan fingerprint density at radius 3 is 2.47 bits per heavy atom. The molecule has 0 aromatic heterocycles. The second kappa shape index (κ2) is 11.3. The molecule has 1 aromatic carbocycles. The summed E-state index contributed by atoms with van der Waals surface area (Å²) in [7, 11) is 1.23. The van der Waals surface area contributed by atoms with Gasteiger partial charge in [0.2, 0.25) is 17.6 Å². The van der Waals surface area contributed by atoms with E-state index in [4.69, 9.17) is 11.6 Å². The number of rotatable bonds is 9. The number of carbonyl (C=O) groups is 5. The summed E-state index contributed by atoms with van der Waals surface area (Å²) in [5, 5.41) is 9.55. The van der Waals surface area contributed by atoms with Crippen LogP contribution in [-0.4, -0.2) is 54.7 Å².